The summed E-state index contributed by atoms with van der Waals surface area (Å²) in [6.07, 6.45) is 4.29. The Bertz CT molecular complexity index is 790. The third-order valence-electron chi connectivity index (χ3n) is 2.67. The largest absolute Gasteiger partial charge is 0.439 e. The van der Waals surface area contributed by atoms with Gasteiger partial charge in [-0.15, -0.1) is 0 Å². The van der Waals surface area contributed by atoms with Gasteiger partial charge in [-0.25, -0.2) is 9.97 Å². The van der Waals surface area contributed by atoms with E-state index >= 15 is 0 Å². The fourth-order valence-electron chi connectivity index (χ4n) is 1.71. The van der Waals surface area contributed by atoms with Crippen molar-refractivity contribution in [3.63, 3.8) is 0 Å². The van der Waals surface area contributed by atoms with E-state index in [4.69, 9.17) is 20.8 Å². The SMILES string of the molecule is O=C(Nc1ncco1)c1ccnc(Oc2cccc(Cl)c2)c1. The lowest BCUT2D eigenvalue weighted by Gasteiger charge is -2.06. The summed E-state index contributed by atoms with van der Waals surface area (Å²) >= 11 is 5.89. The summed E-state index contributed by atoms with van der Waals surface area (Å²) in [6.45, 7) is 0. The van der Waals surface area contributed by atoms with E-state index in [1.54, 1.807) is 30.3 Å². The van der Waals surface area contributed by atoms with Crippen LogP contribution in [0.5, 0.6) is 11.6 Å². The number of hydrogen-bond donors (Lipinski definition) is 1. The minimum absolute atomic E-state index is 0.124. The van der Waals surface area contributed by atoms with Crippen LogP contribution in [-0.2, 0) is 0 Å². The van der Waals surface area contributed by atoms with Crippen molar-refractivity contribution in [3.8, 4) is 11.6 Å². The van der Waals surface area contributed by atoms with Crippen LogP contribution in [0, 0.1) is 0 Å². The smallest absolute Gasteiger partial charge is 0.301 e. The van der Waals surface area contributed by atoms with Gasteiger partial charge in [-0.2, -0.15) is 0 Å². The Hall–Kier alpha value is -2.86. The molecule has 6 nitrogen and oxygen atoms in total. The van der Waals surface area contributed by atoms with E-state index in [9.17, 15) is 4.79 Å². The summed E-state index contributed by atoms with van der Waals surface area (Å²) < 4.78 is 10.5. The number of carbonyl (C=O) groups is 1. The number of aromatic nitrogens is 2. The van der Waals surface area contributed by atoms with Crippen molar-refractivity contribution in [3.05, 3.63) is 65.6 Å². The van der Waals surface area contributed by atoms with Crippen molar-refractivity contribution in [2.24, 2.45) is 0 Å². The molecule has 0 spiro atoms. The average Bonchev–Trinajstić information content (AvgIpc) is 3.00. The Labute approximate surface area is 130 Å². The predicted octanol–water partition coefficient (Wildman–Crippen LogP) is 3.77. The zero-order chi connectivity index (χ0) is 15.4. The molecule has 0 radical (unpaired) electrons. The Morgan fingerprint density at radius 3 is 2.86 bits per heavy atom. The summed E-state index contributed by atoms with van der Waals surface area (Å²) in [5.74, 6) is 0.438. The lowest BCUT2D eigenvalue weighted by Crippen LogP contribution is -2.12. The van der Waals surface area contributed by atoms with Gasteiger partial charge in [0.05, 0.1) is 6.20 Å². The van der Waals surface area contributed by atoms with E-state index in [0.717, 1.165) is 0 Å². The van der Waals surface area contributed by atoms with Crippen molar-refractivity contribution in [1.29, 1.82) is 0 Å². The molecule has 0 aliphatic heterocycles. The Balaban J connectivity index is 1.76. The number of nitrogens with zero attached hydrogens (tertiary/aromatic N) is 2. The first kappa shape index (κ1) is 14.1. The maximum absolute atomic E-state index is 12.1. The highest BCUT2D eigenvalue weighted by atomic mass is 35.5. The molecule has 1 N–H and O–H groups in total. The molecule has 0 saturated carbocycles. The maximum atomic E-state index is 12.1. The highest BCUT2D eigenvalue weighted by Crippen LogP contribution is 2.23. The highest BCUT2D eigenvalue weighted by molar-refractivity contribution is 6.30. The minimum Gasteiger partial charge on any atom is -0.439 e. The summed E-state index contributed by atoms with van der Waals surface area (Å²) in [5.41, 5.74) is 0.366. The molecule has 1 amide bonds. The van der Waals surface area contributed by atoms with E-state index in [2.05, 4.69) is 15.3 Å². The van der Waals surface area contributed by atoms with Gasteiger partial charge in [0.25, 0.3) is 5.91 Å². The molecule has 0 atom stereocenters. The van der Waals surface area contributed by atoms with E-state index in [-0.39, 0.29) is 17.8 Å². The van der Waals surface area contributed by atoms with Crippen LogP contribution in [0.2, 0.25) is 5.02 Å². The second kappa shape index (κ2) is 6.28. The molecule has 0 aliphatic rings. The fraction of sp³-hybridized carbons (Fsp3) is 0. The summed E-state index contributed by atoms with van der Waals surface area (Å²) in [6, 6.07) is 10.1. The maximum Gasteiger partial charge on any atom is 0.301 e. The molecule has 7 heteroatoms. The molecule has 3 rings (SSSR count). The number of ether oxygens (including phenoxy) is 1. The number of benzene rings is 1. The number of anilines is 1. The first-order valence-electron chi connectivity index (χ1n) is 6.31. The van der Waals surface area contributed by atoms with Gasteiger partial charge in [-0.3, -0.25) is 10.1 Å². The van der Waals surface area contributed by atoms with Crippen molar-refractivity contribution in [2.75, 3.05) is 5.32 Å². The van der Waals surface area contributed by atoms with Gasteiger partial charge in [0.2, 0.25) is 5.88 Å². The lowest BCUT2D eigenvalue weighted by atomic mass is 10.2. The van der Waals surface area contributed by atoms with E-state index in [0.29, 0.717) is 16.3 Å². The Kier molecular flexibility index (Phi) is 4.02. The average molecular weight is 316 g/mol. The first-order valence-corrected chi connectivity index (χ1v) is 6.69. The third-order valence-corrected chi connectivity index (χ3v) is 2.90. The zero-order valence-electron chi connectivity index (χ0n) is 11.2. The summed E-state index contributed by atoms with van der Waals surface area (Å²) in [7, 11) is 0. The van der Waals surface area contributed by atoms with Crippen LogP contribution in [0.3, 0.4) is 0 Å². The van der Waals surface area contributed by atoms with E-state index in [1.165, 1.54) is 24.7 Å². The molecule has 2 aromatic heterocycles. The number of oxazole rings is 1. The molecule has 110 valence electrons. The van der Waals surface area contributed by atoms with Gasteiger partial charge in [0.15, 0.2) is 0 Å². The third kappa shape index (κ3) is 3.42. The number of amides is 1. The van der Waals surface area contributed by atoms with Gasteiger partial charge >= 0.3 is 6.01 Å². The summed E-state index contributed by atoms with van der Waals surface area (Å²) in [5, 5.41) is 3.07. The van der Waals surface area contributed by atoms with Crippen LogP contribution in [0.25, 0.3) is 0 Å². The van der Waals surface area contributed by atoms with Crippen molar-refractivity contribution >= 4 is 23.5 Å². The molecule has 0 unspecified atom stereocenters. The van der Waals surface area contributed by atoms with Gasteiger partial charge < -0.3 is 9.15 Å². The summed E-state index contributed by atoms with van der Waals surface area (Å²) in [4.78, 5) is 19.9. The van der Waals surface area contributed by atoms with Crippen molar-refractivity contribution in [2.45, 2.75) is 0 Å². The van der Waals surface area contributed by atoms with Crippen LogP contribution < -0.4 is 10.1 Å². The monoisotopic (exact) mass is 315 g/mol. The van der Waals surface area contributed by atoms with Gasteiger partial charge in [-0.1, -0.05) is 17.7 Å². The van der Waals surface area contributed by atoms with Crippen LogP contribution in [0.4, 0.5) is 6.01 Å². The van der Waals surface area contributed by atoms with Gasteiger partial charge in [0, 0.05) is 22.8 Å². The fourth-order valence-corrected chi connectivity index (χ4v) is 1.89. The first-order chi connectivity index (χ1) is 10.7. The number of rotatable bonds is 4. The zero-order valence-corrected chi connectivity index (χ0v) is 11.9. The second-order valence-electron chi connectivity index (χ2n) is 4.23. The van der Waals surface area contributed by atoms with E-state index in [1.807, 2.05) is 0 Å². The molecule has 0 fully saturated rings. The molecule has 22 heavy (non-hydrogen) atoms. The standard InChI is InChI=1S/C15H10ClN3O3/c16-11-2-1-3-12(9-11)22-13-8-10(4-5-17-13)14(20)19-15-18-6-7-21-15/h1-9H,(H,18,19,20). The molecule has 0 aliphatic carbocycles. The molecule has 0 bridgehead atoms. The predicted molar refractivity (Wildman–Crippen MR) is 80.2 cm³/mol. The number of hydrogen-bond acceptors (Lipinski definition) is 5. The van der Waals surface area contributed by atoms with Gasteiger partial charge in [-0.05, 0) is 24.3 Å². The molecule has 3 aromatic rings. The quantitative estimate of drug-likeness (QED) is 0.793. The van der Waals surface area contributed by atoms with Crippen molar-refractivity contribution in [1.82, 2.24) is 9.97 Å². The van der Waals surface area contributed by atoms with Crippen LogP contribution >= 0.6 is 11.6 Å². The van der Waals surface area contributed by atoms with E-state index < -0.39 is 0 Å². The second-order valence-corrected chi connectivity index (χ2v) is 4.67. The van der Waals surface area contributed by atoms with Crippen LogP contribution in [-0.4, -0.2) is 15.9 Å². The molecule has 2 heterocycles. The lowest BCUT2D eigenvalue weighted by molar-refractivity contribution is 0.102. The van der Waals surface area contributed by atoms with Crippen LogP contribution in [0.15, 0.2) is 59.5 Å². The molecule has 0 saturated heterocycles. The minimum atomic E-state index is -0.374. The Morgan fingerprint density at radius 2 is 2.09 bits per heavy atom. The molecular weight excluding hydrogens is 306 g/mol. The van der Waals surface area contributed by atoms with Crippen LogP contribution in [0.1, 0.15) is 10.4 Å². The molecule has 1 aromatic carbocycles. The number of pyridine rings is 1. The normalized spacial score (nSPS) is 10.2. The topological polar surface area (TPSA) is 77.3 Å². The molecular formula is C15H10ClN3O3. The van der Waals surface area contributed by atoms with Crippen molar-refractivity contribution < 1.29 is 13.9 Å². The number of halogens is 1. The Morgan fingerprint density at radius 1 is 1.18 bits per heavy atom. The highest BCUT2D eigenvalue weighted by Gasteiger charge is 2.10. The number of nitrogens with one attached hydrogen (secondary N) is 1. The van der Waals surface area contributed by atoms with Gasteiger partial charge in [0.1, 0.15) is 12.0 Å². The number of carbonyl (C=O) groups excluding carboxylic acids is 1.